The molecule has 2 amide bonds. The second-order valence-electron chi connectivity index (χ2n) is 23.9. The molecule has 0 saturated carbocycles. The van der Waals surface area contributed by atoms with Gasteiger partial charge in [-0.15, -0.1) is 0 Å². The SMILES string of the molecule is CCOC(=O)C1(N)Cc2ccc(C)cc2C1.CCOC(=O)C1(NC(=O)c2cccc(C)c2OC(C)C)Cc2ccc(C(F)(F)F)cc2C1.Cc1cccc(C(=O)NC2(C(=O)O)Cc3ccc(C(F)(F)F)cc3C2)c1OC(C)C.Cc1cccc(C(=O)O)c1OC(C)C. The Morgan fingerprint density at radius 2 is 0.826 bits per heavy atom. The summed E-state index contributed by atoms with van der Waals surface area (Å²) in [7, 11) is 0. The molecule has 22 heteroatoms. The number of ether oxygens (including phenoxy) is 5. The number of nitrogens with one attached hydrogen (secondary N) is 2. The molecule has 3 unspecified atom stereocenters. The number of benzene rings is 6. The Labute approximate surface area is 531 Å². The lowest BCUT2D eigenvalue weighted by Gasteiger charge is -2.28. The van der Waals surface area contributed by atoms with Crippen molar-refractivity contribution in [2.45, 2.75) is 169 Å². The van der Waals surface area contributed by atoms with Gasteiger partial charge in [0.1, 0.15) is 39.4 Å². The smallest absolute Gasteiger partial charge is 0.416 e. The van der Waals surface area contributed by atoms with Crippen LogP contribution < -0.4 is 30.6 Å². The highest BCUT2D eigenvalue weighted by molar-refractivity contribution is 6.02. The summed E-state index contributed by atoms with van der Waals surface area (Å²) in [6.45, 7) is 22.4. The Bertz CT molecular complexity index is 3710. The quantitative estimate of drug-likeness (QED) is 0.0448. The van der Waals surface area contributed by atoms with Crippen LogP contribution in [0.2, 0.25) is 0 Å². The van der Waals surface area contributed by atoms with Gasteiger partial charge in [0, 0.05) is 38.5 Å². The van der Waals surface area contributed by atoms with Crippen molar-refractivity contribution in [3.05, 3.63) is 193 Å². The fraction of sp³-hybridized carbons (Fsp3) is 0.400. The van der Waals surface area contributed by atoms with Crippen LogP contribution in [0.15, 0.2) is 109 Å². The van der Waals surface area contributed by atoms with Gasteiger partial charge in [0.05, 0.1) is 53.8 Å². The van der Waals surface area contributed by atoms with E-state index in [9.17, 15) is 60.2 Å². The monoisotopic (exact) mass is 1280 g/mol. The first kappa shape index (κ1) is 72.1. The molecular formula is C70H79F6N3O13. The molecule has 494 valence electrons. The zero-order valence-electron chi connectivity index (χ0n) is 53.5. The Morgan fingerprint density at radius 3 is 1.24 bits per heavy atom. The van der Waals surface area contributed by atoms with Gasteiger partial charge in [0.15, 0.2) is 0 Å². The van der Waals surface area contributed by atoms with Gasteiger partial charge in [-0.05, 0) is 176 Å². The first-order valence-electron chi connectivity index (χ1n) is 30.0. The highest BCUT2D eigenvalue weighted by Gasteiger charge is 2.49. The second kappa shape index (κ2) is 29.6. The third kappa shape index (κ3) is 17.6. The van der Waals surface area contributed by atoms with Gasteiger partial charge in [0.25, 0.3) is 11.8 Å². The number of aryl methyl sites for hydroxylation is 4. The lowest BCUT2D eigenvalue weighted by Crippen LogP contribution is -2.56. The fourth-order valence-corrected chi connectivity index (χ4v) is 11.0. The number of para-hydroxylation sites is 3. The number of hydrogen-bond acceptors (Lipinski definition) is 12. The molecular weight excluding hydrogens is 1200 g/mol. The number of halogens is 6. The average Bonchev–Trinajstić information content (AvgIpc) is 1.62. The van der Waals surface area contributed by atoms with E-state index in [0.29, 0.717) is 59.0 Å². The van der Waals surface area contributed by atoms with Crippen LogP contribution in [0.25, 0.3) is 0 Å². The van der Waals surface area contributed by atoms with Crippen LogP contribution in [0.3, 0.4) is 0 Å². The maximum Gasteiger partial charge on any atom is 0.416 e. The molecule has 0 fully saturated rings. The third-order valence-electron chi connectivity index (χ3n) is 15.3. The standard InChI is InChI=1S/C24H26F3NO4.C22H22F3NO4.C13H17NO2.C11H14O3/c1-5-31-22(30)23(12-16-9-10-18(24(25,26)27)11-17(16)13-23)28-21(29)19-8-6-7-15(4)20(19)32-14(2)3;1-12(2)30-18-13(3)5-4-6-17(18)19(27)26-21(20(28)29)10-14-7-8-16(22(23,24)25)9-15(14)11-21;1-3-16-12(15)13(14)7-10-5-4-9(2)6-11(10)8-13;1-7(2)14-10-8(3)5-4-6-9(10)11(12)13/h6-11,14H,5,12-13H2,1-4H3,(H,28,29);4-9,12H,10-11H2,1-3H3,(H,26,27)(H,28,29);4-6H,3,7-8,14H2,1-2H3;4-7H,1-3H3,(H,12,13). The summed E-state index contributed by atoms with van der Waals surface area (Å²) in [6.07, 6.45) is -8.66. The molecule has 9 rings (SSSR count). The summed E-state index contributed by atoms with van der Waals surface area (Å²) in [6, 6.07) is 27.9. The topological polar surface area (TPSA) is 239 Å². The van der Waals surface area contributed by atoms with Crippen LogP contribution >= 0.6 is 0 Å². The molecule has 6 N–H and O–H groups in total. The molecule has 3 atom stereocenters. The minimum absolute atomic E-state index is 0.0193. The molecule has 92 heavy (non-hydrogen) atoms. The Balaban J connectivity index is 0.000000206. The summed E-state index contributed by atoms with van der Waals surface area (Å²) in [5.41, 5.74) is 8.52. The van der Waals surface area contributed by atoms with E-state index in [4.69, 9.17) is 34.5 Å². The number of aliphatic carboxylic acids is 1. The second-order valence-corrected chi connectivity index (χ2v) is 23.9. The van der Waals surface area contributed by atoms with Crippen LogP contribution in [0.4, 0.5) is 26.3 Å². The molecule has 6 aromatic rings. The number of hydrogen-bond donors (Lipinski definition) is 5. The van der Waals surface area contributed by atoms with Gasteiger partial charge in [-0.3, -0.25) is 14.4 Å². The average molecular weight is 1280 g/mol. The van der Waals surface area contributed by atoms with Crippen LogP contribution in [0, 0.1) is 27.7 Å². The summed E-state index contributed by atoms with van der Waals surface area (Å²) in [4.78, 5) is 73.9. The molecule has 0 spiro atoms. The van der Waals surface area contributed by atoms with Crippen LogP contribution in [0.5, 0.6) is 17.2 Å². The van der Waals surface area contributed by atoms with Gasteiger partial charge in [0.2, 0.25) is 0 Å². The number of esters is 2. The first-order valence-corrected chi connectivity index (χ1v) is 30.0. The third-order valence-corrected chi connectivity index (χ3v) is 15.3. The summed E-state index contributed by atoms with van der Waals surface area (Å²) < 4.78 is 106. The summed E-state index contributed by atoms with van der Waals surface area (Å²) in [5.74, 6) is -3.23. The molecule has 0 saturated heterocycles. The number of carbonyl (C=O) groups excluding carboxylic acids is 4. The van der Waals surface area contributed by atoms with E-state index >= 15 is 0 Å². The van der Waals surface area contributed by atoms with Gasteiger partial charge in [-0.1, -0.05) is 72.3 Å². The normalized spacial score (nSPS) is 17.7. The summed E-state index contributed by atoms with van der Waals surface area (Å²) in [5, 5.41) is 24.1. The molecule has 6 aromatic carbocycles. The number of aromatic carboxylic acids is 1. The first-order chi connectivity index (χ1) is 43.0. The van der Waals surface area contributed by atoms with Crippen molar-refractivity contribution < 1.29 is 89.0 Å². The number of alkyl halides is 6. The molecule has 0 radical (unpaired) electrons. The van der Waals surface area contributed by atoms with E-state index in [1.165, 1.54) is 34.9 Å². The van der Waals surface area contributed by atoms with E-state index in [2.05, 4.69) is 28.8 Å². The molecule has 0 aliphatic heterocycles. The Hall–Kier alpha value is -8.92. The van der Waals surface area contributed by atoms with Crippen molar-refractivity contribution >= 4 is 35.7 Å². The Kier molecular flexibility index (Phi) is 23.2. The van der Waals surface area contributed by atoms with Gasteiger partial charge < -0.3 is 50.3 Å². The summed E-state index contributed by atoms with van der Waals surface area (Å²) >= 11 is 0. The fourth-order valence-electron chi connectivity index (χ4n) is 11.0. The lowest BCUT2D eigenvalue weighted by atomic mass is 9.94. The van der Waals surface area contributed by atoms with Crippen molar-refractivity contribution in [3.8, 4) is 17.2 Å². The molecule has 0 aromatic heterocycles. The molecule has 3 aliphatic rings. The predicted molar refractivity (Wildman–Crippen MR) is 332 cm³/mol. The number of fused-ring (bicyclic) bond motifs is 3. The number of amides is 2. The highest BCUT2D eigenvalue weighted by atomic mass is 19.4. The van der Waals surface area contributed by atoms with Crippen molar-refractivity contribution in [1.29, 1.82) is 0 Å². The van der Waals surface area contributed by atoms with Crippen molar-refractivity contribution in [1.82, 2.24) is 10.6 Å². The van der Waals surface area contributed by atoms with Crippen LogP contribution in [-0.2, 0) is 74.7 Å². The van der Waals surface area contributed by atoms with Crippen LogP contribution in [0.1, 0.15) is 153 Å². The largest absolute Gasteiger partial charge is 0.490 e. The minimum Gasteiger partial charge on any atom is -0.490 e. The van der Waals surface area contributed by atoms with Crippen molar-refractivity contribution in [2.75, 3.05) is 13.2 Å². The highest BCUT2D eigenvalue weighted by Crippen LogP contribution is 2.40. The minimum atomic E-state index is -4.53. The number of rotatable bonds is 16. The molecule has 3 aliphatic carbocycles. The zero-order valence-corrected chi connectivity index (χ0v) is 53.5. The maximum atomic E-state index is 13.3. The van der Waals surface area contributed by atoms with Gasteiger partial charge in [-0.25, -0.2) is 14.4 Å². The van der Waals surface area contributed by atoms with Gasteiger partial charge >= 0.3 is 36.2 Å². The number of nitrogens with two attached hydrogens (primary N) is 1. The number of carboxylic acid groups (broad SMARTS) is 2. The Morgan fingerprint density at radius 1 is 0.478 bits per heavy atom. The van der Waals surface area contributed by atoms with E-state index in [1.807, 2.05) is 47.6 Å². The number of carbonyl (C=O) groups is 6. The molecule has 0 bridgehead atoms. The molecule has 16 nitrogen and oxygen atoms in total. The van der Waals surface area contributed by atoms with E-state index < -0.39 is 69.8 Å². The lowest BCUT2D eigenvalue weighted by molar-refractivity contribution is -0.150. The van der Waals surface area contributed by atoms with Crippen molar-refractivity contribution in [2.24, 2.45) is 5.73 Å². The molecule has 0 heterocycles. The predicted octanol–water partition coefficient (Wildman–Crippen LogP) is 12.6. The van der Waals surface area contributed by atoms with E-state index in [-0.39, 0.29) is 78.8 Å². The van der Waals surface area contributed by atoms with E-state index in [0.717, 1.165) is 35.4 Å². The number of carboxylic acids is 2. The van der Waals surface area contributed by atoms with Crippen molar-refractivity contribution in [3.63, 3.8) is 0 Å². The van der Waals surface area contributed by atoms with E-state index in [1.54, 1.807) is 84.0 Å². The zero-order chi connectivity index (χ0) is 68.4. The van der Waals surface area contributed by atoms with Crippen LogP contribution in [-0.4, -0.2) is 94.0 Å². The van der Waals surface area contributed by atoms with Gasteiger partial charge in [-0.2, -0.15) is 26.3 Å². The maximum absolute atomic E-state index is 13.3.